The number of carbonyl (C=O) groups is 1. The van der Waals surface area contributed by atoms with Gasteiger partial charge in [0.2, 0.25) is 0 Å². The van der Waals surface area contributed by atoms with Gasteiger partial charge in [0.25, 0.3) is 0 Å². The molecule has 7 heteroatoms. The second-order valence-corrected chi connectivity index (χ2v) is 5.91. The van der Waals surface area contributed by atoms with Crippen LogP contribution in [0.5, 0.6) is 17.2 Å². The van der Waals surface area contributed by atoms with Crippen LogP contribution in [0.4, 0.5) is 0 Å². The van der Waals surface area contributed by atoms with Crippen LogP contribution in [0.3, 0.4) is 0 Å². The summed E-state index contributed by atoms with van der Waals surface area (Å²) in [5, 5.41) is 0. The second kappa shape index (κ2) is 8.22. The van der Waals surface area contributed by atoms with Crippen molar-refractivity contribution in [2.24, 2.45) is 0 Å². The molecule has 0 radical (unpaired) electrons. The van der Waals surface area contributed by atoms with E-state index in [4.69, 9.17) is 28.4 Å². The van der Waals surface area contributed by atoms with Crippen molar-refractivity contribution in [2.45, 2.75) is 19.1 Å². The Kier molecular flexibility index (Phi) is 5.78. The van der Waals surface area contributed by atoms with Gasteiger partial charge in [-0.05, 0) is 19.1 Å². The van der Waals surface area contributed by atoms with Gasteiger partial charge >= 0.3 is 5.97 Å². The van der Waals surface area contributed by atoms with E-state index < -0.39 is 5.97 Å². The van der Waals surface area contributed by atoms with Gasteiger partial charge in [-0.25, -0.2) is 4.79 Å². The third-order valence-electron chi connectivity index (χ3n) is 3.50. The Bertz CT molecular complexity index is 620. The van der Waals surface area contributed by atoms with Crippen LogP contribution in [0.2, 0.25) is 0 Å². The van der Waals surface area contributed by atoms with Gasteiger partial charge in [0.1, 0.15) is 44.4 Å². The molecule has 0 aliphatic carbocycles. The zero-order valence-electron chi connectivity index (χ0n) is 14.2. The van der Waals surface area contributed by atoms with Gasteiger partial charge in [0.15, 0.2) is 11.5 Å². The number of epoxide rings is 2. The van der Waals surface area contributed by atoms with E-state index in [1.807, 2.05) is 0 Å². The van der Waals surface area contributed by atoms with Crippen molar-refractivity contribution in [2.75, 3.05) is 39.6 Å². The zero-order chi connectivity index (χ0) is 17.6. The second-order valence-electron chi connectivity index (χ2n) is 5.91. The van der Waals surface area contributed by atoms with E-state index in [1.165, 1.54) is 0 Å². The van der Waals surface area contributed by atoms with Crippen LogP contribution in [0.15, 0.2) is 30.4 Å². The molecule has 0 bridgehead atoms. The van der Waals surface area contributed by atoms with Gasteiger partial charge in [0.05, 0.1) is 13.2 Å². The lowest BCUT2D eigenvalue weighted by Crippen LogP contribution is -2.12. The molecule has 25 heavy (non-hydrogen) atoms. The summed E-state index contributed by atoms with van der Waals surface area (Å²) in [7, 11) is 0. The quantitative estimate of drug-likeness (QED) is 0.260. The predicted molar refractivity (Wildman–Crippen MR) is 88.2 cm³/mol. The fourth-order valence-corrected chi connectivity index (χ4v) is 1.92. The summed E-state index contributed by atoms with van der Waals surface area (Å²) >= 11 is 0. The van der Waals surface area contributed by atoms with E-state index >= 15 is 0 Å². The molecule has 1 aromatic rings. The molecule has 2 fully saturated rings. The molecule has 2 heterocycles. The highest BCUT2D eigenvalue weighted by Crippen LogP contribution is 2.33. The van der Waals surface area contributed by atoms with Crippen molar-refractivity contribution < 1.29 is 33.2 Å². The highest BCUT2D eigenvalue weighted by atomic mass is 16.6. The summed E-state index contributed by atoms with van der Waals surface area (Å²) < 4.78 is 32.4. The molecular formula is C18H22O7. The smallest absolute Gasteiger partial charge is 0.333 e. The normalized spacial score (nSPS) is 20.5. The summed E-state index contributed by atoms with van der Waals surface area (Å²) in [5.41, 5.74) is 0.360. The Morgan fingerprint density at radius 2 is 1.72 bits per heavy atom. The lowest BCUT2D eigenvalue weighted by atomic mass is 10.3. The molecule has 2 saturated heterocycles. The van der Waals surface area contributed by atoms with E-state index in [0.717, 1.165) is 13.2 Å². The number of carbonyl (C=O) groups excluding carboxylic acids is 1. The van der Waals surface area contributed by atoms with Gasteiger partial charge in [0, 0.05) is 11.6 Å². The highest BCUT2D eigenvalue weighted by Gasteiger charge is 2.25. The molecule has 136 valence electrons. The summed E-state index contributed by atoms with van der Waals surface area (Å²) in [6, 6.07) is 5.33. The molecule has 0 N–H and O–H groups in total. The van der Waals surface area contributed by atoms with Crippen LogP contribution in [0.1, 0.15) is 6.92 Å². The number of hydrogen-bond donors (Lipinski definition) is 0. The van der Waals surface area contributed by atoms with Crippen LogP contribution in [-0.4, -0.2) is 57.8 Å². The topological polar surface area (TPSA) is 79.1 Å². The van der Waals surface area contributed by atoms with Crippen LogP contribution < -0.4 is 14.2 Å². The summed E-state index contributed by atoms with van der Waals surface area (Å²) in [6.45, 7) is 7.92. The van der Waals surface area contributed by atoms with E-state index in [-0.39, 0.29) is 25.4 Å². The molecule has 7 nitrogen and oxygen atoms in total. The molecule has 2 unspecified atom stereocenters. The minimum absolute atomic E-state index is 0.144. The third-order valence-corrected chi connectivity index (χ3v) is 3.50. The Labute approximate surface area is 146 Å². The average Bonchev–Trinajstić information content (AvgIpc) is 3.49. The molecule has 3 rings (SSSR count). The molecule has 2 atom stereocenters. The minimum atomic E-state index is -0.428. The maximum Gasteiger partial charge on any atom is 0.333 e. The number of ether oxygens (including phenoxy) is 6. The summed E-state index contributed by atoms with van der Waals surface area (Å²) in [6.07, 6.45) is 0.310. The first kappa shape index (κ1) is 17.6. The number of rotatable bonds is 11. The maximum absolute atomic E-state index is 11.3. The molecule has 0 aromatic heterocycles. The van der Waals surface area contributed by atoms with Crippen molar-refractivity contribution in [3.63, 3.8) is 0 Å². The Hall–Kier alpha value is -2.25. The van der Waals surface area contributed by atoms with Crippen molar-refractivity contribution in [1.82, 2.24) is 0 Å². The van der Waals surface area contributed by atoms with Crippen LogP contribution in [0, 0.1) is 0 Å². The Morgan fingerprint density at radius 3 is 2.32 bits per heavy atom. The summed E-state index contributed by atoms with van der Waals surface area (Å²) in [5.74, 6) is 1.40. The SMILES string of the molecule is C=C(C)C(=O)OCCOc1ccc(OCC2CO2)c(OCC2CO2)c1. The van der Waals surface area contributed by atoms with E-state index in [1.54, 1.807) is 25.1 Å². The molecule has 2 aliphatic rings. The van der Waals surface area contributed by atoms with Crippen LogP contribution >= 0.6 is 0 Å². The number of benzene rings is 1. The van der Waals surface area contributed by atoms with E-state index in [0.29, 0.717) is 36.0 Å². The van der Waals surface area contributed by atoms with Crippen molar-refractivity contribution in [3.05, 3.63) is 30.4 Å². The largest absolute Gasteiger partial charge is 0.490 e. The lowest BCUT2D eigenvalue weighted by Gasteiger charge is -2.14. The van der Waals surface area contributed by atoms with Crippen molar-refractivity contribution in [3.8, 4) is 17.2 Å². The van der Waals surface area contributed by atoms with Gasteiger partial charge in [-0.1, -0.05) is 6.58 Å². The molecule has 0 saturated carbocycles. The Balaban J connectivity index is 1.51. The molecule has 0 amide bonds. The van der Waals surface area contributed by atoms with Gasteiger partial charge in [-0.3, -0.25) is 0 Å². The van der Waals surface area contributed by atoms with Crippen molar-refractivity contribution >= 4 is 5.97 Å². The predicted octanol–water partition coefficient (Wildman–Crippen LogP) is 1.74. The third kappa shape index (κ3) is 5.95. The van der Waals surface area contributed by atoms with Crippen LogP contribution in [-0.2, 0) is 19.0 Å². The number of esters is 1. The zero-order valence-corrected chi connectivity index (χ0v) is 14.2. The molecule has 2 aliphatic heterocycles. The first-order chi connectivity index (χ1) is 12.1. The van der Waals surface area contributed by atoms with Gasteiger partial charge < -0.3 is 28.4 Å². The maximum atomic E-state index is 11.3. The fraction of sp³-hybridized carbons (Fsp3) is 0.500. The van der Waals surface area contributed by atoms with Gasteiger partial charge in [-0.15, -0.1) is 0 Å². The lowest BCUT2D eigenvalue weighted by molar-refractivity contribution is -0.139. The van der Waals surface area contributed by atoms with Gasteiger partial charge in [-0.2, -0.15) is 0 Å². The van der Waals surface area contributed by atoms with E-state index in [2.05, 4.69) is 6.58 Å². The average molecular weight is 350 g/mol. The fourth-order valence-electron chi connectivity index (χ4n) is 1.92. The monoisotopic (exact) mass is 350 g/mol. The van der Waals surface area contributed by atoms with Crippen LogP contribution in [0.25, 0.3) is 0 Å². The van der Waals surface area contributed by atoms with E-state index in [9.17, 15) is 4.79 Å². The standard InChI is InChI=1S/C18H22O7/c1-12(2)18(19)21-6-5-20-13-3-4-16(24-10-14-8-22-14)17(7-13)25-11-15-9-23-15/h3-4,7,14-15H,1,5-6,8-11H2,2H3. The molecule has 1 aromatic carbocycles. The molecule has 0 spiro atoms. The molecular weight excluding hydrogens is 328 g/mol. The first-order valence-corrected chi connectivity index (χ1v) is 8.20. The minimum Gasteiger partial charge on any atom is -0.490 e. The summed E-state index contributed by atoms with van der Waals surface area (Å²) in [4.78, 5) is 11.3. The Morgan fingerprint density at radius 1 is 1.08 bits per heavy atom. The van der Waals surface area contributed by atoms with Crippen molar-refractivity contribution in [1.29, 1.82) is 0 Å². The first-order valence-electron chi connectivity index (χ1n) is 8.20. The highest BCUT2D eigenvalue weighted by molar-refractivity contribution is 5.86. The number of hydrogen-bond acceptors (Lipinski definition) is 7.